The van der Waals surface area contributed by atoms with E-state index in [1.165, 1.54) is 0 Å². The number of aromatic amines is 3. The maximum Gasteiger partial charge on any atom is 0.257 e. The lowest BCUT2D eigenvalue weighted by molar-refractivity contribution is 0.102. The van der Waals surface area contributed by atoms with Crippen LogP contribution < -0.4 is 5.32 Å². The Morgan fingerprint density at radius 2 is 1.81 bits per heavy atom. The number of hydrogen-bond acceptors (Lipinski definition) is 2. The fraction of sp³-hybridized carbons (Fsp3) is 0.0400. The molecule has 0 aliphatic carbocycles. The summed E-state index contributed by atoms with van der Waals surface area (Å²) in [6.07, 6.45) is 7.55. The average molecular weight is 484 g/mol. The van der Waals surface area contributed by atoms with Crippen molar-refractivity contribution in [2.45, 2.75) is 6.92 Å². The number of rotatable bonds is 3. The van der Waals surface area contributed by atoms with Crippen LogP contribution in [0.1, 0.15) is 15.9 Å². The zero-order valence-electron chi connectivity index (χ0n) is 17.1. The summed E-state index contributed by atoms with van der Waals surface area (Å²) in [5.74, 6) is -0.167. The summed E-state index contributed by atoms with van der Waals surface area (Å²) in [6.45, 7) is 2.06. The van der Waals surface area contributed by atoms with Crippen LogP contribution in [-0.2, 0) is 0 Å². The van der Waals surface area contributed by atoms with Gasteiger partial charge in [0.05, 0.1) is 16.8 Å². The molecule has 6 nitrogen and oxygen atoms in total. The first kappa shape index (κ1) is 18.9. The number of aromatic nitrogens is 4. The molecule has 0 fully saturated rings. The van der Waals surface area contributed by atoms with Gasteiger partial charge in [-0.1, -0.05) is 22.0 Å². The monoisotopic (exact) mass is 483 g/mol. The molecule has 0 atom stereocenters. The Kier molecular flexibility index (Phi) is 4.19. The molecule has 4 heterocycles. The van der Waals surface area contributed by atoms with Crippen LogP contribution in [0, 0.1) is 6.92 Å². The number of anilines is 1. The highest BCUT2D eigenvalue weighted by Gasteiger charge is 2.17. The summed E-state index contributed by atoms with van der Waals surface area (Å²) in [5, 5.41) is 6.11. The van der Waals surface area contributed by atoms with Gasteiger partial charge in [-0.15, -0.1) is 0 Å². The van der Waals surface area contributed by atoms with E-state index in [1.54, 1.807) is 0 Å². The number of hydrogen-bond donors (Lipinski definition) is 4. The number of carbonyl (C=O) groups excluding carboxylic acids is 1. The van der Waals surface area contributed by atoms with Crippen LogP contribution in [0.2, 0.25) is 0 Å². The minimum atomic E-state index is -0.167. The van der Waals surface area contributed by atoms with Gasteiger partial charge in [0.25, 0.3) is 5.91 Å². The number of nitrogens with one attached hydrogen (secondary N) is 4. The van der Waals surface area contributed by atoms with Gasteiger partial charge < -0.3 is 20.3 Å². The zero-order chi connectivity index (χ0) is 21.8. The molecule has 0 bridgehead atoms. The van der Waals surface area contributed by atoms with Crippen LogP contribution in [0.15, 0.2) is 71.7 Å². The van der Waals surface area contributed by atoms with Gasteiger partial charge in [0.2, 0.25) is 0 Å². The lowest BCUT2D eigenvalue weighted by Gasteiger charge is -2.11. The Bertz CT molecular complexity index is 1660. The topological polar surface area (TPSA) is 89.4 Å². The van der Waals surface area contributed by atoms with Crippen molar-refractivity contribution >= 4 is 60.4 Å². The number of pyridine rings is 1. The summed E-state index contributed by atoms with van der Waals surface area (Å²) in [5.41, 5.74) is 7.16. The Labute approximate surface area is 191 Å². The third-order valence-electron chi connectivity index (χ3n) is 5.90. The SMILES string of the molecule is Cc1c[nH]c2ncc(-c3ccc(C(=O)Nc4cc(Br)cc5[nH]ccc45)c4[nH]ccc34)cc12. The lowest BCUT2D eigenvalue weighted by Crippen LogP contribution is -2.12. The number of benzene rings is 2. The van der Waals surface area contributed by atoms with Crippen molar-refractivity contribution in [2.75, 3.05) is 5.32 Å². The number of halogens is 1. The van der Waals surface area contributed by atoms with Crippen molar-refractivity contribution in [1.29, 1.82) is 0 Å². The van der Waals surface area contributed by atoms with Gasteiger partial charge in [0, 0.05) is 56.5 Å². The van der Waals surface area contributed by atoms with Crippen molar-refractivity contribution in [3.8, 4) is 11.1 Å². The first-order valence-corrected chi connectivity index (χ1v) is 11.0. The molecule has 0 radical (unpaired) electrons. The number of nitrogens with zero attached hydrogens (tertiary/aromatic N) is 1. The smallest absolute Gasteiger partial charge is 0.257 e. The van der Waals surface area contributed by atoms with Crippen molar-refractivity contribution in [2.24, 2.45) is 0 Å². The fourth-order valence-electron chi connectivity index (χ4n) is 4.30. The molecule has 7 heteroatoms. The van der Waals surface area contributed by atoms with E-state index in [0.717, 1.165) is 59.7 Å². The van der Waals surface area contributed by atoms with Crippen molar-refractivity contribution < 1.29 is 4.79 Å². The Hall–Kier alpha value is -3.84. The summed E-state index contributed by atoms with van der Waals surface area (Å²) in [4.78, 5) is 27.4. The van der Waals surface area contributed by atoms with Gasteiger partial charge in [-0.25, -0.2) is 4.98 Å². The van der Waals surface area contributed by atoms with Gasteiger partial charge in [0.1, 0.15) is 5.65 Å². The maximum absolute atomic E-state index is 13.3. The summed E-state index contributed by atoms with van der Waals surface area (Å²) >= 11 is 3.52. The fourth-order valence-corrected chi connectivity index (χ4v) is 4.76. The van der Waals surface area contributed by atoms with Gasteiger partial charge in [-0.2, -0.15) is 0 Å². The largest absolute Gasteiger partial charge is 0.361 e. The van der Waals surface area contributed by atoms with E-state index in [2.05, 4.69) is 54.2 Å². The normalized spacial score (nSPS) is 11.6. The van der Waals surface area contributed by atoms with Crippen molar-refractivity contribution in [3.63, 3.8) is 0 Å². The average Bonchev–Trinajstić information content (AvgIpc) is 3.53. The van der Waals surface area contributed by atoms with E-state index in [1.807, 2.05) is 61.2 Å². The Balaban J connectivity index is 1.43. The van der Waals surface area contributed by atoms with Crippen LogP contribution in [0.3, 0.4) is 0 Å². The minimum Gasteiger partial charge on any atom is -0.361 e. The quantitative estimate of drug-likeness (QED) is 0.231. The number of H-pyrrole nitrogens is 3. The molecule has 1 amide bonds. The first-order valence-electron chi connectivity index (χ1n) is 10.2. The van der Waals surface area contributed by atoms with E-state index >= 15 is 0 Å². The highest BCUT2D eigenvalue weighted by Crippen LogP contribution is 2.33. The third-order valence-corrected chi connectivity index (χ3v) is 6.36. The molecule has 0 saturated heterocycles. The molecule has 0 unspecified atom stereocenters. The number of fused-ring (bicyclic) bond motifs is 3. The molecule has 0 aliphatic rings. The molecule has 2 aromatic carbocycles. The van der Waals surface area contributed by atoms with E-state index in [4.69, 9.17) is 0 Å². The predicted octanol–water partition coefficient (Wildman–Crippen LogP) is 6.52. The molecule has 0 saturated carbocycles. The molecule has 6 aromatic rings. The second-order valence-electron chi connectivity index (χ2n) is 7.87. The molecule has 6 rings (SSSR count). The van der Waals surface area contributed by atoms with E-state index < -0.39 is 0 Å². The van der Waals surface area contributed by atoms with Crippen LogP contribution in [0.4, 0.5) is 5.69 Å². The number of carbonyl (C=O) groups is 1. The maximum atomic E-state index is 13.3. The van der Waals surface area contributed by atoms with Gasteiger partial charge in [-0.3, -0.25) is 4.79 Å². The van der Waals surface area contributed by atoms with E-state index in [-0.39, 0.29) is 5.91 Å². The van der Waals surface area contributed by atoms with E-state index in [0.29, 0.717) is 5.56 Å². The van der Waals surface area contributed by atoms with Crippen LogP contribution >= 0.6 is 15.9 Å². The molecule has 0 aliphatic heterocycles. The van der Waals surface area contributed by atoms with Gasteiger partial charge in [-0.05, 0) is 54.4 Å². The van der Waals surface area contributed by atoms with Crippen LogP contribution in [-0.4, -0.2) is 25.8 Å². The van der Waals surface area contributed by atoms with E-state index in [9.17, 15) is 4.79 Å². The molecular weight excluding hydrogens is 466 g/mol. The predicted molar refractivity (Wildman–Crippen MR) is 132 cm³/mol. The highest BCUT2D eigenvalue weighted by atomic mass is 79.9. The number of aryl methyl sites for hydroxylation is 1. The standard InChI is InChI=1S/C25H18BrN5O/c1-13-11-29-24-20(13)8-14(12-30-24)16-2-3-19(23-17(16)4-7-28-23)25(32)31-22-10-15(26)9-21-18(22)5-6-27-21/h2-12,27-28H,1H3,(H,29,30)(H,31,32). The first-order chi connectivity index (χ1) is 15.6. The molecule has 0 spiro atoms. The molecule has 32 heavy (non-hydrogen) atoms. The third kappa shape index (κ3) is 2.93. The second kappa shape index (κ2) is 7.10. The lowest BCUT2D eigenvalue weighted by atomic mass is 9.99. The van der Waals surface area contributed by atoms with Crippen molar-refractivity contribution in [3.05, 3.63) is 82.9 Å². The zero-order valence-corrected chi connectivity index (χ0v) is 18.7. The number of amides is 1. The van der Waals surface area contributed by atoms with Gasteiger partial charge >= 0.3 is 0 Å². The Morgan fingerprint density at radius 1 is 0.969 bits per heavy atom. The highest BCUT2D eigenvalue weighted by molar-refractivity contribution is 9.10. The van der Waals surface area contributed by atoms with Crippen LogP contribution in [0.5, 0.6) is 0 Å². The molecule has 156 valence electrons. The summed E-state index contributed by atoms with van der Waals surface area (Å²) in [6, 6.07) is 13.8. The Morgan fingerprint density at radius 3 is 2.72 bits per heavy atom. The van der Waals surface area contributed by atoms with Crippen molar-refractivity contribution in [1.82, 2.24) is 19.9 Å². The minimum absolute atomic E-state index is 0.167. The molecular formula is C25H18BrN5O. The van der Waals surface area contributed by atoms with Crippen LogP contribution in [0.25, 0.3) is 44.0 Å². The summed E-state index contributed by atoms with van der Waals surface area (Å²) in [7, 11) is 0. The van der Waals surface area contributed by atoms with Gasteiger partial charge in [0.15, 0.2) is 0 Å². The summed E-state index contributed by atoms with van der Waals surface area (Å²) < 4.78 is 0.895. The molecule has 4 aromatic heterocycles. The molecule has 4 N–H and O–H groups in total. The second-order valence-corrected chi connectivity index (χ2v) is 8.78.